The molecule has 2 aliphatic heterocycles. The van der Waals surface area contributed by atoms with Crippen LogP contribution in [0, 0.1) is 5.92 Å². The Morgan fingerprint density at radius 2 is 2.04 bits per heavy atom. The van der Waals surface area contributed by atoms with E-state index in [0.29, 0.717) is 38.6 Å². The van der Waals surface area contributed by atoms with E-state index in [4.69, 9.17) is 15.2 Å². The number of hydrogen-bond acceptors (Lipinski definition) is 4. The molecule has 1 aromatic carbocycles. The maximum atomic E-state index is 12.3. The lowest BCUT2D eigenvalue weighted by Gasteiger charge is -2.30. The first-order valence-electron chi connectivity index (χ1n) is 7.84. The molecule has 1 saturated heterocycles. The monoisotopic (exact) mass is 319 g/mol. The number of fused-ring (bicyclic) bond motifs is 1. The molecule has 7 heteroatoms. The van der Waals surface area contributed by atoms with Crippen molar-refractivity contribution in [2.24, 2.45) is 11.7 Å². The molecule has 0 saturated carbocycles. The van der Waals surface area contributed by atoms with Crippen molar-refractivity contribution in [2.75, 3.05) is 26.3 Å². The number of ether oxygens (including phenoxy) is 2. The van der Waals surface area contributed by atoms with Gasteiger partial charge in [-0.3, -0.25) is 4.79 Å². The van der Waals surface area contributed by atoms with Crippen molar-refractivity contribution in [2.45, 2.75) is 19.4 Å². The van der Waals surface area contributed by atoms with Crippen LogP contribution in [0.5, 0.6) is 11.5 Å². The van der Waals surface area contributed by atoms with Gasteiger partial charge < -0.3 is 25.4 Å². The van der Waals surface area contributed by atoms with E-state index in [2.05, 4.69) is 5.32 Å². The van der Waals surface area contributed by atoms with Crippen molar-refractivity contribution < 1.29 is 19.1 Å². The third-order valence-electron chi connectivity index (χ3n) is 4.18. The fourth-order valence-electron chi connectivity index (χ4n) is 2.92. The second-order valence-electron chi connectivity index (χ2n) is 5.82. The minimum Gasteiger partial charge on any atom is -0.486 e. The molecule has 2 heterocycles. The molecule has 0 bridgehead atoms. The average Bonchev–Trinajstić information content (AvgIpc) is 2.59. The molecule has 3 rings (SSSR count). The summed E-state index contributed by atoms with van der Waals surface area (Å²) in [6, 6.07) is 5.18. The highest BCUT2D eigenvalue weighted by Crippen LogP contribution is 2.30. The maximum Gasteiger partial charge on any atom is 0.314 e. The van der Waals surface area contributed by atoms with Crippen LogP contribution < -0.4 is 20.5 Å². The van der Waals surface area contributed by atoms with Crippen molar-refractivity contribution in [3.8, 4) is 11.5 Å². The summed E-state index contributed by atoms with van der Waals surface area (Å²) in [5, 5.41) is 2.92. The van der Waals surface area contributed by atoms with Crippen LogP contribution in [-0.4, -0.2) is 43.1 Å². The number of nitrogens with zero attached hydrogens (tertiary/aromatic N) is 1. The molecule has 1 aromatic rings. The normalized spacial score (nSPS) is 20.0. The zero-order chi connectivity index (χ0) is 16.2. The van der Waals surface area contributed by atoms with E-state index >= 15 is 0 Å². The Labute approximate surface area is 134 Å². The molecule has 1 unspecified atom stereocenters. The van der Waals surface area contributed by atoms with Gasteiger partial charge in [-0.05, 0) is 30.5 Å². The lowest BCUT2D eigenvalue weighted by atomic mass is 9.97. The molecule has 0 radical (unpaired) electrons. The lowest BCUT2D eigenvalue weighted by Crippen LogP contribution is -2.47. The van der Waals surface area contributed by atoms with Gasteiger partial charge in [0.25, 0.3) is 0 Å². The van der Waals surface area contributed by atoms with Crippen molar-refractivity contribution in [1.82, 2.24) is 10.2 Å². The molecule has 124 valence electrons. The summed E-state index contributed by atoms with van der Waals surface area (Å²) in [6.45, 7) is 2.53. The van der Waals surface area contributed by atoms with Gasteiger partial charge in [0, 0.05) is 19.6 Å². The molecule has 1 atom stereocenters. The fourth-order valence-corrected chi connectivity index (χ4v) is 2.92. The maximum absolute atomic E-state index is 12.3. The van der Waals surface area contributed by atoms with E-state index in [-0.39, 0.29) is 11.8 Å². The van der Waals surface area contributed by atoms with E-state index in [9.17, 15) is 9.59 Å². The molecule has 23 heavy (non-hydrogen) atoms. The first kappa shape index (κ1) is 15.5. The molecule has 3 N–H and O–H groups in total. The highest BCUT2D eigenvalue weighted by atomic mass is 16.6. The number of piperidine rings is 1. The zero-order valence-corrected chi connectivity index (χ0v) is 12.9. The summed E-state index contributed by atoms with van der Waals surface area (Å²) in [5.41, 5.74) is 6.24. The second-order valence-corrected chi connectivity index (χ2v) is 5.82. The number of nitrogens with one attached hydrogen (secondary N) is 1. The highest BCUT2D eigenvalue weighted by Gasteiger charge is 2.27. The smallest absolute Gasteiger partial charge is 0.314 e. The Morgan fingerprint density at radius 1 is 1.26 bits per heavy atom. The molecule has 3 amide bonds. The molecule has 1 fully saturated rings. The van der Waals surface area contributed by atoms with Gasteiger partial charge in [-0.15, -0.1) is 0 Å². The van der Waals surface area contributed by atoms with Crippen LogP contribution in [0.15, 0.2) is 18.2 Å². The van der Waals surface area contributed by atoms with Gasteiger partial charge in [0.15, 0.2) is 11.5 Å². The van der Waals surface area contributed by atoms with Crippen LogP contribution in [0.1, 0.15) is 18.4 Å². The minimum absolute atomic E-state index is 0.0501. The van der Waals surface area contributed by atoms with Crippen LogP contribution >= 0.6 is 0 Å². The molecule has 7 nitrogen and oxygen atoms in total. The van der Waals surface area contributed by atoms with Crippen LogP contribution in [0.3, 0.4) is 0 Å². The minimum atomic E-state index is -0.464. The largest absolute Gasteiger partial charge is 0.486 e. The van der Waals surface area contributed by atoms with Gasteiger partial charge in [-0.1, -0.05) is 6.07 Å². The van der Waals surface area contributed by atoms with Crippen LogP contribution in [0.4, 0.5) is 4.79 Å². The molecular formula is C16H21N3O4. The van der Waals surface area contributed by atoms with Gasteiger partial charge in [0.05, 0.1) is 5.92 Å². The summed E-state index contributed by atoms with van der Waals surface area (Å²) >= 11 is 0. The molecule has 2 aliphatic rings. The predicted octanol–water partition coefficient (Wildman–Crippen LogP) is 0.865. The molecule has 0 aliphatic carbocycles. The number of nitrogens with two attached hydrogens (primary N) is 1. The Balaban J connectivity index is 1.55. The fraction of sp³-hybridized carbons (Fsp3) is 0.500. The first-order chi connectivity index (χ1) is 11.1. The summed E-state index contributed by atoms with van der Waals surface area (Å²) in [6.07, 6.45) is 1.57. The van der Waals surface area contributed by atoms with Crippen LogP contribution in [0.25, 0.3) is 0 Å². The van der Waals surface area contributed by atoms with Gasteiger partial charge in [-0.25, -0.2) is 4.79 Å². The SMILES string of the molecule is NC(=O)N1CCCC(C(=O)NCc2ccc3c(c2)OCCO3)C1. The van der Waals surface area contributed by atoms with Crippen molar-refractivity contribution in [3.05, 3.63) is 23.8 Å². The van der Waals surface area contributed by atoms with Gasteiger partial charge in [-0.2, -0.15) is 0 Å². The van der Waals surface area contributed by atoms with Gasteiger partial charge in [0.1, 0.15) is 13.2 Å². The Morgan fingerprint density at radius 3 is 2.83 bits per heavy atom. The van der Waals surface area contributed by atoms with Crippen molar-refractivity contribution in [1.29, 1.82) is 0 Å². The molecule has 0 aromatic heterocycles. The number of carbonyl (C=O) groups is 2. The van der Waals surface area contributed by atoms with Crippen LogP contribution in [0.2, 0.25) is 0 Å². The van der Waals surface area contributed by atoms with Crippen LogP contribution in [-0.2, 0) is 11.3 Å². The zero-order valence-electron chi connectivity index (χ0n) is 12.9. The number of likely N-dealkylation sites (tertiary alicyclic amines) is 1. The number of amides is 3. The summed E-state index contributed by atoms with van der Waals surface area (Å²) < 4.78 is 11.0. The average molecular weight is 319 g/mol. The summed E-state index contributed by atoms with van der Waals surface area (Å²) in [5.74, 6) is 1.19. The standard InChI is InChI=1S/C16H21N3O4/c17-16(21)19-5-1-2-12(10-19)15(20)18-9-11-3-4-13-14(8-11)23-7-6-22-13/h3-4,8,12H,1-2,5-7,9-10H2,(H2,17,21)(H,18,20). The first-order valence-corrected chi connectivity index (χ1v) is 7.84. The van der Waals surface area contributed by atoms with E-state index in [0.717, 1.165) is 24.2 Å². The summed E-state index contributed by atoms with van der Waals surface area (Å²) in [4.78, 5) is 25.0. The third kappa shape index (κ3) is 3.67. The Kier molecular flexibility index (Phi) is 4.55. The number of hydrogen-bond donors (Lipinski definition) is 2. The number of primary amides is 1. The molecule has 0 spiro atoms. The van der Waals surface area contributed by atoms with E-state index in [1.807, 2.05) is 18.2 Å². The number of rotatable bonds is 3. The Bertz CT molecular complexity index is 605. The van der Waals surface area contributed by atoms with Gasteiger partial charge >= 0.3 is 6.03 Å². The van der Waals surface area contributed by atoms with E-state index < -0.39 is 6.03 Å². The topological polar surface area (TPSA) is 93.9 Å². The van der Waals surface area contributed by atoms with E-state index in [1.54, 1.807) is 0 Å². The Hall–Kier alpha value is -2.44. The number of benzene rings is 1. The third-order valence-corrected chi connectivity index (χ3v) is 4.18. The number of carbonyl (C=O) groups excluding carboxylic acids is 2. The van der Waals surface area contributed by atoms with E-state index in [1.165, 1.54) is 4.90 Å². The van der Waals surface area contributed by atoms with Crippen molar-refractivity contribution in [3.63, 3.8) is 0 Å². The molecular weight excluding hydrogens is 298 g/mol. The van der Waals surface area contributed by atoms with Gasteiger partial charge in [0.2, 0.25) is 5.91 Å². The lowest BCUT2D eigenvalue weighted by molar-refractivity contribution is -0.126. The number of urea groups is 1. The second kappa shape index (κ2) is 6.76. The predicted molar refractivity (Wildman–Crippen MR) is 83.2 cm³/mol. The van der Waals surface area contributed by atoms with Crippen molar-refractivity contribution >= 4 is 11.9 Å². The summed E-state index contributed by atoms with van der Waals surface area (Å²) in [7, 11) is 0. The highest BCUT2D eigenvalue weighted by molar-refractivity contribution is 5.80. The quantitative estimate of drug-likeness (QED) is 0.864.